The highest BCUT2D eigenvalue weighted by Crippen LogP contribution is 2.18. The lowest BCUT2D eigenvalue weighted by Crippen LogP contribution is -2.42. The van der Waals surface area contributed by atoms with Crippen LogP contribution >= 0.6 is 0 Å². The molecular formula is C16H19N3O3S. The van der Waals surface area contributed by atoms with Crippen molar-refractivity contribution in [2.24, 2.45) is 5.84 Å². The fraction of sp³-hybridized carbons (Fsp3) is 0.188. The number of nitrogens with zero attached hydrogens (tertiary/aromatic N) is 1. The minimum atomic E-state index is -3.80. The van der Waals surface area contributed by atoms with Gasteiger partial charge in [-0.05, 0) is 24.6 Å². The largest absolute Gasteiger partial charge is 0.293 e. The molecule has 0 unspecified atom stereocenters. The Morgan fingerprint density at radius 3 is 2.26 bits per heavy atom. The molecular weight excluding hydrogens is 314 g/mol. The maximum absolute atomic E-state index is 12.8. The van der Waals surface area contributed by atoms with Crippen LogP contribution in [0.2, 0.25) is 0 Å². The number of hydrogen-bond donors (Lipinski definition) is 2. The Balaban J connectivity index is 2.35. The highest BCUT2D eigenvalue weighted by atomic mass is 32.2. The Hall–Kier alpha value is -2.22. The van der Waals surface area contributed by atoms with Crippen LogP contribution in [0.1, 0.15) is 11.1 Å². The second-order valence-electron chi connectivity index (χ2n) is 5.14. The number of hydrogen-bond acceptors (Lipinski definition) is 4. The van der Waals surface area contributed by atoms with Crippen molar-refractivity contribution in [3.05, 3.63) is 65.7 Å². The molecule has 0 fully saturated rings. The predicted molar refractivity (Wildman–Crippen MR) is 87.5 cm³/mol. The minimum absolute atomic E-state index is 0.0878. The van der Waals surface area contributed by atoms with Crippen molar-refractivity contribution in [2.45, 2.75) is 18.4 Å². The molecule has 7 heteroatoms. The van der Waals surface area contributed by atoms with Crippen LogP contribution in [-0.4, -0.2) is 25.2 Å². The van der Waals surface area contributed by atoms with Crippen molar-refractivity contribution in [3.63, 3.8) is 0 Å². The third-order valence-corrected chi connectivity index (χ3v) is 5.15. The molecule has 0 radical (unpaired) electrons. The highest BCUT2D eigenvalue weighted by molar-refractivity contribution is 7.89. The molecule has 122 valence electrons. The van der Waals surface area contributed by atoms with E-state index in [0.29, 0.717) is 0 Å². The summed E-state index contributed by atoms with van der Waals surface area (Å²) in [6, 6.07) is 15.6. The van der Waals surface area contributed by atoms with Crippen molar-refractivity contribution in [2.75, 3.05) is 6.54 Å². The van der Waals surface area contributed by atoms with E-state index in [9.17, 15) is 13.2 Å². The molecule has 0 aliphatic heterocycles. The summed E-state index contributed by atoms with van der Waals surface area (Å²) in [6.45, 7) is 1.62. The molecule has 0 aliphatic carbocycles. The average molecular weight is 333 g/mol. The fourth-order valence-corrected chi connectivity index (χ4v) is 3.46. The van der Waals surface area contributed by atoms with Gasteiger partial charge >= 0.3 is 0 Å². The van der Waals surface area contributed by atoms with E-state index in [1.807, 2.05) is 30.5 Å². The monoisotopic (exact) mass is 333 g/mol. The molecule has 23 heavy (non-hydrogen) atoms. The molecule has 2 aromatic carbocycles. The lowest BCUT2D eigenvalue weighted by Gasteiger charge is -2.21. The van der Waals surface area contributed by atoms with Gasteiger partial charge in [0.15, 0.2) is 0 Å². The smallest absolute Gasteiger partial charge is 0.249 e. The molecule has 0 aliphatic rings. The number of aryl methyl sites for hydroxylation is 1. The second-order valence-corrected chi connectivity index (χ2v) is 7.08. The number of carbonyl (C=O) groups excluding carboxylic acids is 1. The number of benzene rings is 2. The first-order valence-electron chi connectivity index (χ1n) is 7.03. The first kappa shape index (κ1) is 17.1. The van der Waals surface area contributed by atoms with Crippen LogP contribution in [0.3, 0.4) is 0 Å². The summed E-state index contributed by atoms with van der Waals surface area (Å²) >= 11 is 0. The van der Waals surface area contributed by atoms with E-state index in [0.717, 1.165) is 15.4 Å². The topological polar surface area (TPSA) is 92.5 Å². The predicted octanol–water partition coefficient (Wildman–Crippen LogP) is 1.18. The zero-order valence-corrected chi connectivity index (χ0v) is 13.6. The lowest BCUT2D eigenvalue weighted by molar-refractivity contribution is -0.121. The van der Waals surface area contributed by atoms with Gasteiger partial charge < -0.3 is 0 Å². The zero-order valence-electron chi connectivity index (χ0n) is 12.8. The second kappa shape index (κ2) is 7.36. The molecule has 0 atom stereocenters. The minimum Gasteiger partial charge on any atom is -0.293 e. The molecule has 0 bridgehead atoms. The zero-order chi connectivity index (χ0) is 16.9. The number of nitrogens with two attached hydrogens (primary N) is 1. The third-order valence-electron chi connectivity index (χ3n) is 3.34. The molecule has 2 aromatic rings. The quantitative estimate of drug-likeness (QED) is 0.472. The van der Waals surface area contributed by atoms with Crippen LogP contribution < -0.4 is 11.3 Å². The van der Waals surface area contributed by atoms with Gasteiger partial charge in [0, 0.05) is 6.54 Å². The van der Waals surface area contributed by atoms with Crippen LogP contribution in [0.25, 0.3) is 0 Å². The Morgan fingerprint density at radius 2 is 1.70 bits per heavy atom. The standard InChI is InChI=1S/C16H19N3O3S/c1-13-7-9-15(10-8-13)23(21,22)19(12-16(20)18-17)11-14-5-3-2-4-6-14/h2-10H,11-12,17H2,1H3,(H,18,20). The number of hydrazine groups is 1. The normalized spacial score (nSPS) is 11.4. The molecule has 0 heterocycles. The van der Waals surface area contributed by atoms with Crippen molar-refractivity contribution in [1.29, 1.82) is 0 Å². The van der Waals surface area contributed by atoms with E-state index in [1.165, 1.54) is 12.1 Å². The maximum atomic E-state index is 12.8. The van der Waals surface area contributed by atoms with E-state index in [1.54, 1.807) is 24.3 Å². The molecule has 2 rings (SSSR count). The number of nitrogens with one attached hydrogen (secondary N) is 1. The Morgan fingerprint density at radius 1 is 1.09 bits per heavy atom. The molecule has 1 amide bonds. The highest BCUT2D eigenvalue weighted by Gasteiger charge is 2.26. The SMILES string of the molecule is Cc1ccc(S(=O)(=O)N(CC(=O)NN)Cc2ccccc2)cc1. The van der Waals surface area contributed by atoms with Gasteiger partial charge in [0.25, 0.3) is 0 Å². The molecule has 3 N–H and O–H groups in total. The first-order chi connectivity index (χ1) is 10.9. The van der Waals surface area contributed by atoms with Crippen LogP contribution in [0.15, 0.2) is 59.5 Å². The summed E-state index contributed by atoms with van der Waals surface area (Å²) in [5.74, 6) is 4.52. The van der Waals surface area contributed by atoms with Gasteiger partial charge in [-0.2, -0.15) is 4.31 Å². The van der Waals surface area contributed by atoms with E-state index in [4.69, 9.17) is 5.84 Å². The van der Waals surface area contributed by atoms with Gasteiger partial charge in [0.05, 0.1) is 11.4 Å². The summed E-state index contributed by atoms with van der Waals surface area (Å²) in [6.07, 6.45) is 0. The summed E-state index contributed by atoms with van der Waals surface area (Å²) < 4.78 is 26.7. The Labute approximate surface area is 135 Å². The van der Waals surface area contributed by atoms with Crippen molar-refractivity contribution < 1.29 is 13.2 Å². The number of amides is 1. The van der Waals surface area contributed by atoms with Gasteiger partial charge in [0.2, 0.25) is 15.9 Å². The summed E-state index contributed by atoms with van der Waals surface area (Å²) in [4.78, 5) is 11.7. The number of carbonyl (C=O) groups is 1. The fourth-order valence-electron chi connectivity index (χ4n) is 2.08. The summed E-state index contributed by atoms with van der Waals surface area (Å²) in [5, 5.41) is 0. The van der Waals surface area contributed by atoms with Crippen molar-refractivity contribution in [3.8, 4) is 0 Å². The van der Waals surface area contributed by atoms with Crippen LogP contribution in [0.5, 0.6) is 0 Å². The van der Waals surface area contributed by atoms with Crippen molar-refractivity contribution in [1.82, 2.24) is 9.73 Å². The third kappa shape index (κ3) is 4.38. The Bertz CT molecular complexity index is 759. The van der Waals surface area contributed by atoms with Gasteiger partial charge in [0.1, 0.15) is 0 Å². The van der Waals surface area contributed by atoms with E-state index in [-0.39, 0.29) is 18.0 Å². The molecule has 0 saturated heterocycles. The lowest BCUT2D eigenvalue weighted by atomic mass is 10.2. The van der Waals surface area contributed by atoms with Gasteiger partial charge in [-0.1, -0.05) is 48.0 Å². The van der Waals surface area contributed by atoms with E-state index in [2.05, 4.69) is 0 Å². The van der Waals surface area contributed by atoms with Gasteiger partial charge in [-0.25, -0.2) is 14.3 Å². The molecule has 0 aromatic heterocycles. The van der Waals surface area contributed by atoms with Gasteiger partial charge in [-0.15, -0.1) is 0 Å². The van der Waals surface area contributed by atoms with Gasteiger partial charge in [-0.3, -0.25) is 10.2 Å². The van der Waals surface area contributed by atoms with E-state index < -0.39 is 15.9 Å². The summed E-state index contributed by atoms with van der Waals surface area (Å²) in [5.41, 5.74) is 3.71. The van der Waals surface area contributed by atoms with Crippen LogP contribution in [0.4, 0.5) is 0 Å². The molecule has 0 spiro atoms. The van der Waals surface area contributed by atoms with Crippen LogP contribution in [0, 0.1) is 6.92 Å². The number of sulfonamides is 1. The number of rotatable bonds is 6. The first-order valence-corrected chi connectivity index (χ1v) is 8.47. The molecule has 0 saturated carbocycles. The molecule has 6 nitrogen and oxygen atoms in total. The van der Waals surface area contributed by atoms with E-state index >= 15 is 0 Å². The van der Waals surface area contributed by atoms with Crippen molar-refractivity contribution >= 4 is 15.9 Å². The summed E-state index contributed by atoms with van der Waals surface area (Å²) in [7, 11) is -3.80. The maximum Gasteiger partial charge on any atom is 0.249 e. The van der Waals surface area contributed by atoms with Crippen LogP contribution in [-0.2, 0) is 21.4 Å². The average Bonchev–Trinajstić information content (AvgIpc) is 2.55. The Kier molecular flexibility index (Phi) is 5.49.